The maximum atomic E-state index is 12.3. The molecule has 0 aliphatic carbocycles. The second-order valence-electron chi connectivity index (χ2n) is 4.32. The molecule has 0 saturated carbocycles. The van der Waals surface area contributed by atoms with E-state index in [1.165, 1.54) is 4.90 Å². The summed E-state index contributed by atoms with van der Waals surface area (Å²) < 4.78 is 36.9. The van der Waals surface area contributed by atoms with E-state index in [4.69, 9.17) is 0 Å². The van der Waals surface area contributed by atoms with Crippen molar-refractivity contribution >= 4 is 0 Å². The topological polar surface area (TPSA) is 23.5 Å². The fourth-order valence-electron chi connectivity index (χ4n) is 1.86. The van der Waals surface area contributed by atoms with Gasteiger partial charge in [-0.1, -0.05) is 31.2 Å². The fourth-order valence-corrected chi connectivity index (χ4v) is 1.86. The summed E-state index contributed by atoms with van der Waals surface area (Å²) >= 11 is 0. The van der Waals surface area contributed by atoms with Gasteiger partial charge < -0.3 is 5.11 Å². The first-order chi connectivity index (χ1) is 8.33. The summed E-state index contributed by atoms with van der Waals surface area (Å²) in [5.41, 5.74) is 1.56. The minimum atomic E-state index is -4.23. The van der Waals surface area contributed by atoms with Gasteiger partial charge in [-0.3, -0.25) is 4.90 Å². The van der Waals surface area contributed by atoms with E-state index in [2.05, 4.69) is 0 Å². The van der Waals surface area contributed by atoms with Crippen molar-refractivity contribution in [3.8, 4) is 0 Å². The fraction of sp³-hybridized carbons (Fsp3) is 0.538. The van der Waals surface area contributed by atoms with Crippen LogP contribution in [0.5, 0.6) is 0 Å². The molecule has 102 valence electrons. The van der Waals surface area contributed by atoms with Crippen molar-refractivity contribution in [3.05, 3.63) is 35.4 Å². The first-order valence-corrected chi connectivity index (χ1v) is 5.86. The Morgan fingerprint density at radius 1 is 1.28 bits per heavy atom. The van der Waals surface area contributed by atoms with Crippen molar-refractivity contribution in [1.82, 2.24) is 4.90 Å². The zero-order valence-electron chi connectivity index (χ0n) is 10.5. The number of aliphatic hydroxyl groups excluding tert-OH is 1. The lowest BCUT2D eigenvalue weighted by molar-refractivity contribution is -0.148. The van der Waals surface area contributed by atoms with E-state index in [1.807, 2.05) is 19.1 Å². The van der Waals surface area contributed by atoms with Crippen LogP contribution in [0, 0.1) is 6.92 Å². The summed E-state index contributed by atoms with van der Waals surface area (Å²) in [5, 5.41) is 9.99. The molecule has 18 heavy (non-hydrogen) atoms. The second kappa shape index (κ2) is 6.20. The van der Waals surface area contributed by atoms with Crippen LogP contribution in [0.4, 0.5) is 13.2 Å². The monoisotopic (exact) mass is 261 g/mol. The standard InChI is InChI=1S/C13H18F3NO/c1-3-17(9-13(14,15)16)8-12(18)11-7-5-4-6-10(11)2/h4-7,12,18H,3,8-9H2,1-2H3. The lowest BCUT2D eigenvalue weighted by Crippen LogP contribution is -2.37. The number of nitrogens with zero attached hydrogens (tertiary/aromatic N) is 1. The molecule has 1 aromatic rings. The molecule has 1 aromatic carbocycles. The number of aliphatic hydroxyl groups is 1. The number of likely N-dealkylation sites (N-methyl/N-ethyl adjacent to an activating group) is 1. The molecule has 1 rings (SSSR count). The van der Waals surface area contributed by atoms with Gasteiger partial charge in [-0.15, -0.1) is 0 Å². The highest BCUT2D eigenvalue weighted by Crippen LogP contribution is 2.21. The molecule has 0 heterocycles. The van der Waals surface area contributed by atoms with E-state index in [9.17, 15) is 18.3 Å². The van der Waals surface area contributed by atoms with Crippen molar-refractivity contribution < 1.29 is 18.3 Å². The predicted octanol–water partition coefficient (Wildman–Crippen LogP) is 2.91. The Kier molecular flexibility index (Phi) is 5.16. The van der Waals surface area contributed by atoms with Gasteiger partial charge in [0.05, 0.1) is 12.6 Å². The van der Waals surface area contributed by atoms with Crippen molar-refractivity contribution in [2.24, 2.45) is 0 Å². The van der Waals surface area contributed by atoms with Crippen LogP contribution in [0.25, 0.3) is 0 Å². The Balaban J connectivity index is 2.68. The second-order valence-corrected chi connectivity index (χ2v) is 4.32. The normalized spacial score (nSPS) is 13.9. The van der Waals surface area contributed by atoms with Crippen molar-refractivity contribution in [2.45, 2.75) is 26.1 Å². The Bertz CT molecular complexity index is 379. The van der Waals surface area contributed by atoms with Crippen LogP contribution < -0.4 is 0 Å². The Morgan fingerprint density at radius 2 is 1.89 bits per heavy atom. The van der Waals surface area contributed by atoms with Gasteiger partial charge in [0.25, 0.3) is 0 Å². The van der Waals surface area contributed by atoms with Gasteiger partial charge in [-0.25, -0.2) is 0 Å². The number of alkyl halides is 3. The number of hydrogen-bond donors (Lipinski definition) is 1. The molecule has 2 nitrogen and oxygen atoms in total. The average molecular weight is 261 g/mol. The number of hydrogen-bond acceptors (Lipinski definition) is 2. The Labute approximate surface area is 105 Å². The summed E-state index contributed by atoms with van der Waals surface area (Å²) in [7, 11) is 0. The molecule has 0 saturated heterocycles. The highest BCUT2D eigenvalue weighted by Gasteiger charge is 2.31. The van der Waals surface area contributed by atoms with Crippen LogP contribution in [0.3, 0.4) is 0 Å². The van der Waals surface area contributed by atoms with Gasteiger partial charge >= 0.3 is 6.18 Å². The first-order valence-electron chi connectivity index (χ1n) is 5.86. The van der Waals surface area contributed by atoms with Gasteiger partial charge in [0, 0.05) is 6.54 Å². The zero-order chi connectivity index (χ0) is 13.8. The third-order valence-corrected chi connectivity index (χ3v) is 2.83. The van der Waals surface area contributed by atoms with Crippen molar-refractivity contribution in [2.75, 3.05) is 19.6 Å². The number of aryl methyl sites for hydroxylation is 1. The smallest absolute Gasteiger partial charge is 0.387 e. The van der Waals surface area contributed by atoms with E-state index in [0.717, 1.165) is 5.56 Å². The third-order valence-electron chi connectivity index (χ3n) is 2.83. The van der Waals surface area contributed by atoms with E-state index in [0.29, 0.717) is 5.56 Å². The first kappa shape index (κ1) is 15.0. The molecule has 0 aromatic heterocycles. The number of halogens is 3. The van der Waals surface area contributed by atoms with Gasteiger partial charge in [0.1, 0.15) is 0 Å². The zero-order valence-corrected chi connectivity index (χ0v) is 10.5. The Morgan fingerprint density at radius 3 is 2.39 bits per heavy atom. The number of benzene rings is 1. The predicted molar refractivity (Wildman–Crippen MR) is 64.3 cm³/mol. The van der Waals surface area contributed by atoms with Crippen LogP contribution in [-0.2, 0) is 0 Å². The molecule has 0 aliphatic heterocycles. The summed E-state index contributed by atoms with van der Waals surface area (Å²) in [6, 6.07) is 7.17. The molecule has 5 heteroatoms. The maximum Gasteiger partial charge on any atom is 0.401 e. The molecule has 1 atom stereocenters. The van der Waals surface area contributed by atoms with Gasteiger partial charge in [-0.2, -0.15) is 13.2 Å². The van der Waals surface area contributed by atoms with Crippen LogP contribution >= 0.6 is 0 Å². The summed E-state index contributed by atoms with van der Waals surface area (Å²) in [6.07, 6.45) is -5.13. The molecule has 0 radical (unpaired) electrons. The molecular formula is C13H18F3NO. The van der Waals surface area contributed by atoms with Crippen LogP contribution in [0.2, 0.25) is 0 Å². The minimum Gasteiger partial charge on any atom is -0.387 e. The van der Waals surface area contributed by atoms with Crippen LogP contribution in [0.15, 0.2) is 24.3 Å². The third kappa shape index (κ3) is 4.66. The Hall–Kier alpha value is -1.07. The molecular weight excluding hydrogens is 243 g/mol. The molecule has 1 N–H and O–H groups in total. The van der Waals surface area contributed by atoms with E-state index in [1.54, 1.807) is 19.1 Å². The number of rotatable bonds is 5. The van der Waals surface area contributed by atoms with Crippen molar-refractivity contribution in [3.63, 3.8) is 0 Å². The lowest BCUT2D eigenvalue weighted by Gasteiger charge is -2.25. The quantitative estimate of drug-likeness (QED) is 0.881. The molecule has 0 amide bonds. The van der Waals surface area contributed by atoms with E-state index >= 15 is 0 Å². The molecule has 0 aliphatic rings. The van der Waals surface area contributed by atoms with Gasteiger partial charge in [-0.05, 0) is 24.6 Å². The van der Waals surface area contributed by atoms with Crippen LogP contribution in [0.1, 0.15) is 24.2 Å². The summed E-state index contributed by atoms with van der Waals surface area (Å²) in [6.45, 7) is 2.73. The molecule has 0 bridgehead atoms. The highest BCUT2D eigenvalue weighted by atomic mass is 19.4. The SMILES string of the molecule is CCN(CC(O)c1ccccc1C)CC(F)(F)F. The summed E-state index contributed by atoms with van der Waals surface area (Å²) in [4.78, 5) is 1.19. The molecule has 0 spiro atoms. The average Bonchev–Trinajstić information content (AvgIpc) is 2.26. The molecule has 1 unspecified atom stereocenters. The largest absolute Gasteiger partial charge is 0.401 e. The maximum absolute atomic E-state index is 12.3. The summed E-state index contributed by atoms with van der Waals surface area (Å²) in [5.74, 6) is 0. The van der Waals surface area contributed by atoms with Crippen LogP contribution in [-0.4, -0.2) is 35.8 Å². The van der Waals surface area contributed by atoms with Gasteiger partial charge in [0.15, 0.2) is 0 Å². The van der Waals surface area contributed by atoms with Gasteiger partial charge in [0.2, 0.25) is 0 Å². The highest BCUT2D eigenvalue weighted by molar-refractivity contribution is 5.27. The lowest BCUT2D eigenvalue weighted by atomic mass is 10.0. The van der Waals surface area contributed by atoms with Crippen molar-refractivity contribution in [1.29, 1.82) is 0 Å². The van der Waals surface area contributed by atoms with E-state index < -0.39 is 18.8 Å². The molecule has 0 fully saturated rings. The van der Waals surface area contributed by atoms with E-state index in [-0.39, 0.29) is 13.1 Å². The minimum absolute atomic E-state index is 0.0130.